The summed E-state index contributed by atoms with van der Waals surface area (Å²) < 4.78 is 4.98. The summed E-state index contributed by atoms with van der Waals surface area (Å²) in [5, 5.41) is 10.8. The van der Waals surface area contributed by atoms with Crippen LogP contribution in [-0.2, 0) is 9.53 Å². The fourth-order valence-electron chi connectivity index (χ4n) is 2.15. The van der Waals surface area contributed by atoms with E-state index in [0.717, 1.165) is 6.07 Å². The lowest BCUT2D eigenvalue weighted by Crippen LogP contribution is -2.34. The van der Waals surface area contributed by atoms with E-state index in [-0.39, 0.29) is 22.8 Å². The molecule has 0 fully saturated rings. The van der Waals surface area contributed by atoms with E-state index in [4.69, 9.17) is 16.3 Å². The molecule has 0 atom stereocenters. The van der Waals surface area contributed by atoms with Crippen LogP contribution in [0.1, 0.15) is 10.4 Å². The van der Waals surface area contributed by atoms with Crippen molar-refractivity contribution in [1.29, 1.82) is 0 Å². The molecule has 134 valence electrons. The van der Waals surface area contributed by atoms with Gasteiger partial charge >= 0.3 is 5.97 Å². The van der Waals surface area contributed by atoms with E-state index < -0.39 is 23.4 Å². The standard InChI is InChI=1S/C18H15ClN2O5/c1-2-10-20(13-6-4-3-5-7-13)17(22)12-26-18(23)15-11-14(21(24)25)8-9-16(15)19/h2-9,11H,1,10,12H2. The van der Waals surface area contributed by atoms with Crippen LogP contribution in [0.5, 0.6) is 0 Å². The number of para-hydroxylation sites is 1. The van der Waals surface area contributed by atoms with Crippen LogP contribution in [0, 0.1) is 10.1 Å². The molecule has 1 amide bonds. The number of non-ortho nitro benzene ring substituents is 1. The van der Waals surface area contributed by atoms with Gasteiger partial charge in [0.05, 0.1) is 15.5 Å². The van der Waals surface area contributed by atoms with Gasteiger partial charge in [0, 0.05) is 24.4 Å². The first-order chi connectivity index (χ1) is 12.4. The Kier molecular flexibility index (Phi) is 6.46. The first-order valence-corrected chi connectivity index (χ1v) is 7.89. The number of esters is 1. The van der Waals surface area contributed by atoms with E-state index in [1.165, 1.54) is 17.0 Å². The Labute approximate surface area is 154 Å². The minimum Gasteiger partial charge on any atom is -0.452 e. The summed E-state index contributed by atoms with van der Waals surface area (Å²) in [7, 11) is 0. The number of ether oxygens (including phenoxy) is 1. The number of nitro benzene ring substituents is 1. The van der Waals surface area contributed by atoms with Crippen molar-refractivity contribution in [3.63, 3.8) is 0 Å². The highest BCUT2D eigenvalue weighted by molar-refractivity contribution is 6.33. The van der Waals surface area contributed by atoms with Gasteiger partial charge in [0.1, 0.15) is 0 Å². The van der Waals surface area contributed by atoms with Crippen LogP contribution in [0.4, 0.5) is 11.4 Å². The normalized spacial score (nSPS) is 10.0. The van der Waals surface area contributed by atoms with Gasteiger partial charge in [-0.3, -0.25) is 14.9 Å². The lowest BCUT2D eigenvalue weighted by atomic mass is 10.2. The van der Waals surface area contributed by atoms with Crippen LogP contribution in [0.3, 0.4) is 0 Å². The van der Waals surface area contributed by atoms with Crippen molar-refractivity contribution in [3.8, 4) is 0 Å². The Morgan fingerprint density at radius 2 is 1.92 bits per heavy atom. The number of carbonyl (C=O) groups excluding carboxylic acids is 2. The van der Waals surface area contributed by atoms with E-state index in [9.17, 15) is 19.7 Å². The lowest BCUT2D eigenvalue weighted by Gasteiger charge is -2.21. The van der Waals surface area contributed by atoms with E-state index in [2.05, 4.69) is 6.58 Å². The number of nitrogens with zero attached hydrogens (tertiary/aromatic N) is 2. The second-order valence-corrected chi connectivity index (χ2v) is 5.53. The Bertz CT molecular complexity index is 839. The summed E-state index contributed by atoms with van der Waals surface area (Å²) in [6.45, 7) is 3.30. The fraction of sp³-hybridized carbons (Fsp3) is 0.111. The molecule has 0 aliphatic rings. The summed E-state index contributed by atoms with van der Waals surface area (Å²) in [6.07, 6.45) is 1.55. The van der Waals surface area contributed by atoms with Gasteiger partial charge in [0.15, 0.2) is 6.61 Å². The zero-order valence-corrected chi connectivity index (χ0v) is 14.4. The molecule has 0 bridgehead atoms. The molecule has 0 unspecified atom stereocenters. The van der Waals surface area contributed by atoms with Gasteiger partial charge in [0.25, 0.3) is 11.6 Å². The minimum atomic E-state index is -0.918. The maximum atomic E-state index is 12.4. The summed E-state index contributed by atoms with van der Waals surface area (Å²) in [5.74, 6) is -1.38. The maximum Gasteiger partial charge on any atom is 0.340 e. The van der Waals surface area contributed by atoms with E-state index in [1.54, 1.807) is 30.3 Å². The van der Waals surface area contributed by atoms with Gasteiger partial charge in [-0.1, -0.05) is 35.9 Å². The van der Waals surface area contributed by atoms with Crippen LogP contribution < -0.4 is 4.90 Å². The van der Waals surface area contributed by atoms with E-state index >= 15 is 0 Å². The van der Waals surface area contributed by atoms with Crippen molar-refractivity contribution in [3.05, 3.63) is 81.9 Å². The first-order valence-electron chi connectivity index (χ1n) is 7.51. The number of amides is 1. The third kappa shape index (κ3) is 4.67. The van der Waals surface area contributed by atoms with Gasteiger partial charge in [0.2, 0.25) is 0 Å². The second kappa shape index (κ2) is 8.77. The number of carbonyl (C=O) groups is 2. The number of benzene rings is 2. The van der Waals surface area contributed by atoms with Crippen LogP contribution in [-0.4, -0.2) is 30.0 Å². The van der Waals surface area contributed by atoms with E-state index in [0.29, 0.717) is 5.69 Å². The van der Waals surface area contributed by atoms with Crippen molar-refractivity contribution in [2.75, 3.05) is 18.1 Å². The molecule has 0 aliphatic carbocycles. The minimum absolute atomic E-state index is 0.000874. The summed E-state index contributed by atoms with van der Waals surface area (Å²) in [4.78, 5) is 36.1. The molecule has 2 rings (SSSR count). The molecule has 7 nitrogen and oxygen atoms in total. The fourth-order valence-corrected chi connectivity index (χ4v) is 2.35. The largest absolute Gasteiger partial charge is 0.452 e. The van der Waals surface area contributed by atoms with Gasteiger partial charge in [-0.25, -0.2) is 4.79 Å². The van der Waals surface area contributed by atoms with Gasteiger partial charge in [-0.15, -0.1) is 6.58 Å². The third-order valence-electron chi connectivity index (χ3n) is 3.39. The quantitative estimate of drug-likeness (QED) is 0.319. The smallest absolute Gasteiger partial charge is 0.340 e. The van der Waals surface area contributed by atoms with Crippen molar-refractivity contribution < 1.29 is 19.2 Å². The molecule has 8 heteroatoms. The average Bonchev–Trinajstić information content (AvgIpc) is 2.64. The molecule has 0 N–H and O–H groups in total. The van der Waals surface area contributed by atoms with Gasteiger partial charge < -0.3 is 9.64 Å². The zero-order valence-electron chi connectivity index (χ0n) is 13.6. The zero-order chi connectivity index (χ0) is 19.1. The highest BCUT2D eigenvalue weighted by Gasteiger charge is 2.20. The molecule has 0 saturated heterocycles. The van der Waals surface area contributed by atoms with Crippen LogP contribution in [0.2, 0.25) is 5.02 Å². The molecule has 0 aromatic heterocycles. The van der Waals surface area contributed by atoms with Crippen molar-refractivity contribution in [1.82, 2.24) is 0 Å². The Morgan fingerprint density at radius 3 is 2.54 bits per heavy atom. The van der Waals surface area contributed by atoms with Gasteiger partial charge in [-0.2, -0.15) is 0 Å². The maximum absolute atomic E-state index is 12.4. The lowest BCUT2D eigenvalue weighted by molar-refractivity contribution is -0.384. The number of hydrogen-bond acceptors (Lipinski definition) is 5. The number of nitro groups is 1. The van der Waals surface area contributed by atoms with E-state index in [1.807, 2.05) is 6.07 Å². The predicted molar refractivity (Wildman–Crippen MR) is 97.4 cm³/mol. The van der Waals surface area contributed by atoms with Crippen LogP contribution in [0.15, 0.2) is 61.2 Å². The highest BCUT2D eigenvalue weighted by Crippen LogP contribution is 2.23. The predicted octanol–water partition coefficient (Wildman–Crippen LogP) is 3.62. The molecular formula is C18H15ClN2O5. The Hall–Kier alpha value is -3.19. The third-order valence-corrected chi connectivity index (χ3v) is 3.72. The first kappa shape index (κ1) is 19.1. The Balaban J connectivity index is 2.10. The van der Waals surface area contributed by atoms with Crippen LogP contribution in [0.25, 0.3) is 0 Å². The van der Waals surface area contributed by atoms with Crippen LogP contribution >= 0.6 is 11.6 Å². The molecular weight excluding hydrogens is 360 g/mol. The molecule has 2 aromatic rings. The second-order valence-electron chi connectivity index (χ2n) is 5.13. The molecule has 0 heterocycles. The topological polar surface area (TPSA) is 89.8 Å². The van der Waals surface area contributed by atoms with Crippen molar-refractivity contribution in [2.24, 2.45) is 0 Å². The molecule has 0 spiro atoms. The molecule has 0 radical (unpaired) electrons. The molecule has 0 aliphatic heterocycles. The Morgan fingerprint density at radius 1 is 1.23 bits per heavy atom. The summed E-state index contributed by atoms with van der Waals surface area (Å²) in [5.41, 5.74) is 0.149. The average molecular weight is 375 g/mol. The number of rotatable bonds is 7. The van der Waals surface area contributed by atoms with Crippen molar-refractivity contribution >= 4 is 34.9 Å². The number of halogens is 1. The summed E-state index contributed by atoms with van der Waals surface area (Å²) >= 11 is 5.89. The number of hydrogen-bond donors (Lipinski definition) is 0. The SMILES string of the molecule is C=CCN(C(=O)COC(=O)c1cc([N+](=O)[O-])ccc1Cl)c1ccccc1. The molecule has 26 heavy (non-hydrogen) atoms. The van der Waals surface area contributed by atoms with Gasteiger partial charge in [-0.05, 0) is 18.2 Å². The summed E-state index contributed by atoms with van der Waals surface area (Å²) in [6, 6.07) is 12.2. The molecule has 0 saturated carbocycles. The number of anilines is 1. The highest BCUT2D eigenvalue weighted by atomic mass is 35.5. The van der Waals surface area contributed by atoms with Crippen molar-refractivity contribution in [2.45, 2.75) is 0 Å². The monoisotopic (exact) mass is 374 g/mol. The molecule has 2 aromatic carbocycles.